The largest absolute Gasteiger partial charge is 0.462 e. The fraction of sp³-hybridized carbons (Fsp3) is 0.375. The van der Waals surface area contributed by atoms with Gasteiger partial charge >= 0.3 is 5.97 Å². The van der Waals surface area contributed by atoms with Crippen LogP contribution in [0.4, 0.5) is 11.6 Å². The third-order valence-electron chi connectivity index (χ3n) is 11.5. The Morgan fingerprint density at radius 2 is 1.08 bits per heavy atom. The molecule has 0 radical (unpaired) electrons. The number of esters is 1. The van der Waals surface area contributed by atoms with Crippen molar-refractivity contribution in [2.45, 2.75) is 26.7 Å². The van der Waals surface area contributed by atoms with Gasteiger partial charge in [-0.05, 0) is 122 Å². The van der Waals surface area contributed by atoms with E-state index in [9.17, 15) is 9.59 Å². The van der Waals surface area contributed by atoms with E-state index in [-0.39, 0.29) is 18.5 Å². The monoisotopic (exact) mass is 868 g/mol. The minimum absolute atomic E-state index is 0.146. The van der Waals surface area contributed by atoms with Crippen LogP contribution in [0.15, 0.2) is 84.9 Å². The number of ether oxygens (including phenoxy) is 1. The normalized spacial score (nSPS) is 14.9. The molecule has 2 aliphatic heterocycles. The Morgan fingerprint density at radius 3 is 1.55 bits per heavy atom. The van der Waals surface area contributed by atoms with Crippen molar-refractivity contribution in [1.29, 1.82) is 0 Å². The average molecular weight is 869 g/mol. The number of carbonyl (C=O) groups is 2. The fourth-order valence-electron chi connectivity index (χ4n) is 8.33. The van der Waals surface area contributed by atoms with Gasteiger partial charge in [-0.3, -0.25) is 13.6 Å². The van der Waals surface area contributed by atoms with E-state index in [1.807, 2.05) is 88.5 Å². The van der Waals surface area contributed by atoms with E-state index in [2.05, 4.69) is 56.9 Å². The van der Waals surface area contributed by atoms with Gasteiger partial charge in [0.2, 0.25) is 0 Å². The highest BCUT2D eigenvalue weighted by molar-refractivity contribution is 6.06. The number of fused-ring (bicyclic) bond motifs is 10. The molecule has 10 rings (SSSR count). The van der Waals surface area contributed by atoms with Crippen molar-refractivity contribution >= 4 is 78.9 Å². The van der Waals surface area contributed by atoms with Crippen LogP contribution in [0.25, 0.3) is 55.4 Å². The molecule has 4 N–H and O–H groups in total. The van der Waals surface area contributed by atoms with E-state index in [1.165, 1.54) is 7.05 Å². The van der Waals surface area contributed by atoms with Gasteiger partial charge in [0.05, 0.1) is 34.2 Å². The lowest BCUT2D eigenvalue weighted by Gasteiger charge is -2.22. The highest BCUT2D eigenvalue weighted by Crippen LogP contribution is 2.30. The number of aliphatic hydroxyl groups is 1. The highest BCUT2D eigenvalue weighted by Gasteiger charge is 2.22. The van der Waals surface area contributed by atoms with Gasteiger partial charge in [0.25, 0.3) is 5.91 Å². The molecule has 2 fully saturated rings. The van der Waals surface area contributed by atoms with Crippen molar-refractivity contribution < 1.29 is 19.4 Å². The van der Waals surface area contributed by atoms with Gasteiger partial charge in [0.15, 0.2) is 11.3 Å². The summed E-state index contributed by atoms with van der Waals surface area (Å²) < 4.78 is 9.31. The lowest BCUT2D eigenvalue weighted by atomic mass is 10.2. The third-order valence-corrected chi connectivity index (χ3v) is 11.5. The first-order chi connectivity index (χ1) is 31.2. The number of carbonyl (C=O) groups excluding carboxylic acids is 2. The Kier molecular flexibility index (Phi) is 14.8. The van der Waals surface area contributed by atoms with E-state index < -0.39 is 0 Å². The summed E-state index contributed by atoms with van der Waals surface area (Å²) in [7, 11) is 7.47. The Hall–Kier alpha value is -6.46. The topological polar surface area (TPSA) is 175 Å². The third kappa shape index (κ3) is 9.40. The summed E-state index contributed by atoms with van der Waals surface area (Å²) >= 11 is 0. The maximum Gasteiger partial charge on any atom is 0.341 e. The summed E-state index contributed by atoms with van der Waals surface area (Å²) in [5.74, 6) is 1.42. The average Bonchev–Trinajstić information content (AvgIpc) is 3.73. The van der Waals surface area contributed by atoms with Gasteiger partial charge < -0.3 is 40.5 Å². The van der Waals surface area contributed by atoms with Gasteiger partial charge in [0, 0.05) is 63.7 Å². The summed E-state index contributed by atoms with van der Waals surface area (Å²) in [6.45, 7) is 12.2. The number of imidazole rings is 2. The summed E-state index contributed by atoms with van der Waals surface area (Å²) in [6.07, 6.45) is 2.23. The number of nitrogens with two attached hydrogens (primary N) is 1. The molecule has 0 unspecified atom stereocenters. The van der Waals surface area contributed by atoms with Crippen LogP contribution in [-0.4, -0.2) is 149 Å². The van der Waals surface area contributed by atoms with Crippen LogP contribution in [0.2, 0.25) is 0 Å². The Labute approximate surface area is 373 Å². The van der Waals surface area contributed by atoms with Crippen molar-refractivity contribution in [2.24, 2.45) is 5.73 Å². The maximum atomic E-state index is 12.7. The van der Waals surface area contributed by atoms with Gasteiger partial charge in [-0.15, -0.1) is 0 Å². The SMILES string of the molecule is CCO.CCOC(=O)c1cc2ccc(N3CCCN(C)CC3)nc2n2c1nc1ccccc12.CN.CNC(=O)c1cc2ccc(N3CCCN(C)CC3)nc2n2c1nc1ccccc12. The Balaban J connectivity index is 0.000000174. The van der Waals surface area contributed by atoms with E-state index in [0.29, 0.717) is 29.0 Å². The van der Waals surface area contributed by atoms with Crippen molar-refractivity contribution in [3.05, 3.63) is 96.1 Å². The fourth-order valence-corrected chi connectivity index (χ4v) is 8.33. The molecule has 2 aliphatic rings. The predicted octanol–water partition coefficient (Wildman–Crippen LogP) is 5.47. The molecule has 6 aromatic heterocycles. The molecule has 2 aromatic carbocycles. The Morgan fingerprint density at radius 1 is 0.625 bits per heavy atom. The molecule has 336 valence electrons. The number of aromatic nitrogens is 6. The van der Waals surface area contributed by atoms with E-state index in [1.54, 1.807) is 14.0 Å². The predicted molar refractivity (Wildman–Crippen MR) is 257 cm³/mol. The summed E-state index contributed by atoms with van der Waals surface area (Å²) in [5, 5.41) is 12.1. The van der Waals surface area contributed by atoms with Crippen LogP contribution in [0.3, 0.4) is 0 Å². The second kappa shape index (κ2) is 20.8. The molecule has 2 saturated heterocycles. The molecule has 0 saturated carbocycles. The quantitative estimate of drug-likeness (QED) is 0.186. The number of likely N-dealkylation sites (N-methyl/N-ethyl adjacent to an activating group) is 2. The lowest BCUT2D eigenvalue weighted by molar-refractivity contribution is 0.0528. The number of para-hydroxylation sites is 4. The minimum atomic E-state index is -0.362. The first kappa shape index (κ1) is 45.6. The zero-order valence-electron chi connectivity index (χ0n) is 37.8. The molecule has 0 bridgehead atoms. The molecule has 8 aromatic rings. The number of hydrogen-bond donors (Lipinski definition) is 3. The molecule has 0 spiro atoms. The number of pyridine rings is 4. The number of anilines is 2. The zero-order valence-corrected chi connectivity index (χ0v) is 37.8. The van der Waals surface area contributed by atoms with Gasteiger partial charge in [0.1, 0.15) is 28.5 Å². The lowest BCUT2D eigenvalue weighted by Crippen LogP contribution is -2.29. The van der Waals surface area contributed by atoms with Crippen LogP contribution in [0, 0.1) is 0 Å². The Bertz CT molecular complexity index is 2890. The standard InChI is InChI=1S/C23H25N5O2.C22H24N6O.C2H6O.CH5N/c1-3-30-23(29)17-15-16-9-10-20(27-12-6-11-26(2)13-14-27)25-21(16)28-19-8-5-4-7-18(19)24-22(17)28;1-23-22(29)16-14-15-8-9-19(27-11-5-10-26(2)12-13-27)25-20(15)28-18-7-4-3-6-17(18)24-21(16)28;1-2-3;1-2/h4-5,7-10,15H,3,6,11-14H2,1-2H3;3-4,6-9,14H,5,10-13H2,1-2H3,(H,23,29);3H,2H2,1H3;2H2,1H3. The first-order valence-electron chi connectivity index (χ1n) is 22.1. The number of nitrogens with one attached hydrogen (secondary N) is 1. The smallest absolute Gasteiger partial charge is 0.341 e. The van der Waals surface area contributed by atoms with Crippen LogP contribution in [0.5, 0.6) is 0 Å². The van der Waals surface area contributed by atoms with E-state index in [0.717, 1.165) is 121 Å². The van der Waals surface area contributed by atoms with Gasteiger partial charge in [-0.25, -0.2) is 24.7 Å². The maximum absolute atomic E-state index is 12.7. The molecular formula is C48H60N12O4. The molecular weight excluding hydrogens is 809 g/mol. The number of benzene rings is 2. The van der Waals surface area contributed by atoms with Crippen LogP contribution >= 0.6 is 0 Å². The first-order valence-corrected chi connectivity index (χ1v) is 22.1. The minimum Gasteiger partial charge on any atom is -0.462 e. The number of hydrogen-bond acceptors (Lipinski definition) is 13. The molecule has 16 nitrogen and oxygen atoms in total. The second-order valence-electron chi connectivity index (χ2n) is 15.7. The van der Waals surface area contributed by atoms with Crippen LogP contribution in [-0.2, 0) is 4.74 Å². The van der Waals surface area contributed by atoms with Crippen molar-refractivity contribution in [2.75, 3.05) is 104 Å². The molecule has 0 aliphatic carbocycles. The number of amides is 1. The molecule has 1 amide bonds. The van der Waals surface area contributed by atoms with Crippen LogP contribution in [0.1, 0.15) is 47.4 Å². The summed E-state index contributed by atoms with van der Waals surface area (Å²) in [5.41, 5.74) is 12.0. The van der Waals surface area contributed by atoms with Crippen LogP contribution < -0.4 is 20.9 Å². The zero-order chi connectivity index (χ0) is 45.3. The highest BCUT2D eigenvalue weighted by atomic mass is 16.5. The summed E-state index contributed by atoms with van der Waals surface area (Å²) in [6, 6.07) is 27.8. The van der Waals surface area contributed by atoms with Crippen molar-refractivity contribution in [1.82, 2.24) is 43.9 Å². The van der Waals surface area contributed by atoms with Crippen molar-refractivity contribution in [3.63, 3.8) is 0 Å². The molecule has 64 heavy (non-hydrogen) atoms. The van der Waals surface area contributed by atoms with E-state index >= 15 is 0 Å². The van der Waals surface area contributed by atoms with E-state index in [4.69, 9.17) is 29.8 Å². The molecule has 16 heteroatoms. The summed E-state index contributed by atoms with van der Waals surface area (Å²) in [4.78, 5) is 54.2. The number of aliphatic hydroxyl groups excluding tert-OH is 1. The van der Waals surface area contributed by atoms with Gasteiger partial charge in [-0.2, -0.15) is 0 Å². The van der Waals surface area contributed by atoms with Crippen molar-refractivity contribution in [3.8, 4) is 0 Å². The molecule has 0 atom stereocenters. The number of nitrogens with zero attached hydrogens (tertiary/aromatic N) is 10. The second-order valence-corrected chi connectivity index (χ2v) is 15.7. The molecule has 8 heterocycles. The number of rotatable bonds is 5. The van der Waals surface area contributed by atoms with Gasteiger partial charge in [-0.1, -0.05) is 24.3 Å².